The van der Waals surface area contributed by atoms with Crippen LogP contribution in [-0.4, -0.2) is 44.5 Å². The molecule has 0 radical (unpaired) electrons. The van der Waals surface area contributed by atoms with Crippen LogP contribution in [0.5, 0.6) is 0 Å². The number of nitrogens with two attached hydrogens (primary N) is 1. The van der Waals surface area contributed by atoms with Crippen LogP contribution in [0, 0.1) is 0 Å². The first-order valence-electron chi connectivity index (χ1n) is 3.67. The number of carbonyl (C=O) groups is 1. The molecule has 0 saturated heterocycles. The van der Waals surface area contributed by atoms with Crippen LogP contribution in [-0.2, 0) is 4.79 Å². The van der Waals surface area contributed by atoms with E-state index in [1.165, 1.54) is 11.8 Å². The van der Waals surface area contributed by atoms with E-state index in [0.717, 1.165) is 0 Å². The summed E-state index contributed by atoms with van der Waals surface area (Å²) in [6, 6.07) is 0. The lowest BCUT2D eigenvalue weighted by molar-refractivity contribution is -0.864. The Morgan fingerprint density at radius 2 is 2.15 bits per heavy atom. The topological polar surface area (TPSA) is 93.8 Å². The van der Waals surface area contributed by atoms with Crippen LogP contribution in [0.15, 0.2) is 15.5 Å². The summed E-state index contributed by atoms with van der Waals surface area (Å²) in [5.41, 5.74) is 1.53. The smallest absolute Gasteiger partial charge is 0.236 e. The second-order valence-corrected chi connectivity index (χ2v) is 3.44. The molecular formula is C6H14N5O2+. The van der Waals surface area contributed by atoms with Crippen LogP contribution in [0.4, 0.5) is 0 Å². The minimum absolute atomic E-state index is 0.0694. The molecule has 0 aliphatic carbocycles. The van der Waals surface area contributed by atoms with E-state index in [4.69, 9.17) is 0 Å². The SMILES string of the molecule is C1=NN=N[NH2+]1.C[N+](C)(C)CC(=O)[O-]. The van der Waals surface area contributed by atoms with E-state index in [-0.39, 0.29) is 6.54 Å². The number of quaternary nitrogens is 2. The van der Waals surface area contributed by atoms with Gasteiger partial charge < -0.3 is 14.4 Å². The van der Waals surface area contributed by atoms with Gasteiger partial charge in [-0.2, -0.15) is 5.43 Å². The van der Waals surface area contributed by atoms with E-state index in [2.05, 4.69) is 15.5 Å². The van der Waals surface area contributed by atoms with Crippen molar-refractivity contribution in [2.45, 2.75) is 0 Å². The molecule has 0 aromatic rings. The second-order valence-electron chi connectivity index (χ2n) is 3.44. The van der Waals surface area contributed by atoms with Crippen molar-refractivity contribution in [3.8, 4) is 0 Å². The Morgan fingerprint density at radius 3 is 2.23 bits per heavy atom. The molecule has 74 valence electrons. The molecule has 0 bridgehead atoms. The minimum atomic E-state index is -1.00. The van der Waals surface area contributed by atoms with Gasteiger partial charge in [0.15, 0.2) is 0 Å². The fourth-order valence-corrected chi connectivity index (χ4v) is 0.536. The van der Waals surface area contributed by atoms with Gasteiger partial charge in [0, 0.05) is 5.22 Å². The molecule has 0 fully saturated rings. The monoisotopic (exact) mass is 188 g/mol. The van der Waals surface area contributed by atoms with E-state index in [1.807, 2.05) is 0 Å². The van der Waals surface area contributed by atoms with Gasteiger partial charge in [0.1, 0.15) is 6.54 Å². The number of likely N-dealkylation sites (N-methyl/N-ethyl adjacent to an activating group) is 1. The van der Waals surface area contributed by atoms with Crippen LogP contribution < -0.4 is 10.5 Å². The van der Waals surface area contributed by atoms with Gasteiger partial charge in [-0.1, -0.05) is 5.10 Å². The molecule has 7 heteroatoms. The molecule has 1 heterocycles. The van der Waals surface area contributed by atoms with Gasteiger partial charge in [-0.3, -0.25) is 0 Å². The highest BCUT2D eigenvalue weighted by Crippen LogP contribution is 1.84. The minimum Gasteiger partial charge on any atom is -0.544 e. The molecule has 1 rings (SSSR count). The zero-order valence-electron chi connectivity index (χ0n) is 7.97. The van der Waals surface area contributed by atoms with Crippen molar-refractivity contribution < 1.29 is 19.8 Å². The van der Waals surface area contributed by atoms with Gasteiger partial charge in [-0.15, -0.1) is 0 Å². The van der Waals surface area contributed by atoms with Crippen molar-refractivity contribution in [1.29, 1.82) is 0 Å². The Labute approximate surface area is 76.3 Å². The molecule has 1 aliphatic rings. The summed E-state index contributed by atoms with van der Waals surface area (Å²) < 4.78 is 0.419. The van der Waals surface area contributed by atoms with Gasteiger partial charge in [0.2, 0.25) is 6.34 Å². The fourth-order valence-electron chi connectivity index (χ4n) is 0.536. The largest absolute Gasteiger partial charge is 0.544 e. The first-order valence-corrected chi connectivity index (χ1v) is 3.67. The first kappa shape index (κ1) is 11.7. The van der Waals surface area contributed by atoms with E-state index < -0.39 is 5.97 Å². The summed E-state index contributed by atoms with van der Waals surface area (Å²) in [5.74, 6) is -1.00. The van der Waals surface area contributed by atoms with Crippen molar-refractivity contribution in [1.82, 2.24) is 0 Å². The van der Waals surface area contributed by atoms with Gasteiger partial charge in [0.05, 0.1) is 32.3 Å². The van der Waals surface area contributed by atoms with E-state index in [1.54, 1.807) is 21.1 Å². The van der Waals surface area contributed by atoms with Crippen molar-refractivity contribution in [3.63, 3.8) is 0 Å². The number of carboxylic acids is 1. The van der Waals surface area contributed by atoms with Crippen molar-refractivity contribution in [2.24, 2.45) is 15.5 Å². The summed E-state index contributed by atoms with van der Waals surface area (Å²) >= 11 is 0. The molecular weight excluding hydrogens is 174 g/mol. The number of hydrogen-bond donors (Lipinski definition) is 1. The summed E-state index contributed by atoms with van der Waals surface area (Å²) in [6.45, 7) is 0.0694. The molecule has 0 saturated carbocycles. The summed E-state index contributed by atoms with van der Waals surface area (Å²) in [4.78, 5) is 9.89. The van der Waals surface area contributed by atoms with Crippen molar-refractivity contribution in [3.05, 3.63) is 0 Å². The normalized spacial score (nSPS) is 13.8. The molecule has 1 aliphatic heterocycles. The Kier molecular flexibility index (Phi) is 4.78. The second kappa shape index (κ2) is 5.33. The van der Waals surface area contributed by atoms with E-state index >= 15 is 0 Å². The number of hydrogen-bond acceptors (Lipinski definition) is 5. The van der Waals surface area contributed by atoms with Crippen molar-refractivity contribution in [2.75, 3.05) is 27.7 Å². The third-order valence-corrected chi connectivity index (χ3v) is 0.907. The molecule has 0 atom stereocenters. The highest BCUT2D eigenvalue weighted by Gasteiger charge is 2.04. The zero-order chi connectivity index (χ0) is 10.3. The van der Waals surface area contributed by atoms with Crippen LogP contribution in [0.25, 0.3) is 0 Å². The van der Waals surface area contributed by atoms with Crippen LogP contribution in [0.3, 0.4) is 0 Å². The maximum absolute atomic E-state index is 9.89. The summed E-state index contributed by atoms with van der Waals surface area (Å²) in [6.07, 6.45) is 1.53. The molecule has 2 N–H and O–H groups in total. The average Bonchev–Trinajstić information content (AvgIpc) is 2.33. The maximum atomic E-state index is 9.89. The van der Waals surface area contributed by atoms with E-state index in [9.17, 15) is 9.90 Å². The Bertz CT molecular complexity index is 208. The predicted molar refractivity (Wildman–Crippen MR) is 43.2 cm³/mol. The Morgan fingerprint density at radius 1 is 1.54 bits per heavy atom. The van der Waals surface area contributed by atoms with Gasteiger partial charge >= 0.3 is 0 Å². The number of rotatable bonds is 2. The van der Waals surface area contributed by atoms with Gasteiger partial charge in [0.25, 0.3) is 0 Å². The van der Waals surface area contributed by atoms with Crippen LogP contribution >= 0.6 is 0 Å². The highest BCUT2D eigenvalue weighted by molar-refractivity contribution is 5.65. The number of carboxylic acid groups (broad SMARTS) is 1. The molecule has 0 unspecified atom stereocenters. The van der Waals surface area contributed by atoms with Crippen molar-refractivity contribution >= 4 is 12.3 Å². The third-order valence-electron chi connectivity index (χ3n) is 0.907. The third kappa shape index (κ3) is 10.7. The molecule has 0 aromatic heterocycles. The average molecular weight is 188 g/mol. The quantitative estimate of drug-likeness (QED) is 0.377. The van der Waals surface area contributed by atoms with Gasteiger partial charge in [-0.05, 0) is 0 Å². The predicted octanol–water partition coefficient (Wildman–Crippen LogP) is -2.68. The van der Waals surface area contributed by atoms with Crippen LogP contribution in [0.2, 0.25) is 0 Å². The summed E-state index contributed by atoms with van der Waals surface area (Å²) in [7, 11) is 5.40. The Hall–Kier alpha value is -1.34. The molecule has 0 amide bonds. The fraction of sp³-hybridized carbons (Fsp3) is 0.667. The zero-order valence-corrected chi connectivity index (χ0v) is 7.97. The highest BCUT2D eigenvalue weighted by atomic mass is 16.4. The van der Waals surface area contributed by atoms with Gasteiger partial charge in [-0.25, -0.2) is 0 Å². The number of carbonyl (C=O) groups excluding carboxylic acids is 1. The first-order chi connectivity index (χ1) is 5.92. The number of nitrogens with zero attached hydrogens (tertiary/aromatic N) is 4. The standard InChI is InChI=1S/C5H11NO2.CH2N4/c1-6(2,3)4-5(7)8;1-2-4-5-3-1/h4H2,1-3H3;1H,(H,2,3,4,5)/p+1. The molecule has 13 heavy (non-hydrogen) atoms. The summed E-state index contributed by atoms with van der Waals surface area (Å²) in [5, 5.41) is 19.8. The molecule has 7 nitrogen and oxygen atoms in total. The lowest BCUT2D eigenvalue weighted by atomic mass is 10.5. The Balaban J connectivity index is 0.000000243. The number of aliphatic carboxylic acids is 1. The lowest BCUT2D eigenvalue weighted by Crippen LogP contribution is -2.74. The lowest BCUT2D eigenvalue weighted by Gasteiger charge is -2.23. The van der Waals surface area contributed by atoms with Crippen LogP contribution in [0.1, 0.15) is 0 Å². The molecule has 0 aromatic carbocycles. The van der Waals surface area contributed by atoms with E-state index in [0.29, 0.717) is 4.48 Å². The maximum Gasteiger partial charge on any atom is 0.236 e. The molecule has 0 spiro atoms.